The van der Waals surface area contributed by atoms with E-state index in [4.69, 9.17) is 15.5 Å². The topological polar surface area (TPSA) is 91.0 Å². The standard InChI is InChI=1S/C4H12NO5P.C4H10/c5-9-3-1-2-8-4-10-11(6)7;1-3-4-2/h11H,1-5H2,(H,6,7);3-4H2,1-2H3. The van der Waals surface area contributed by atoms with Gasteiger partial charge in [0.2, 0.25) is 0 Å². The van der Waals surface area contributed by atoms with Crippen LogP contribution in [0.25, 0.3) is 0 Å². The van der Waals surface area contributed by atoms with Gasteiger partial charge in [-0.3, -0.25) is 9.09 Å². The van der Waals surface area contributed by atoms with Crippen LogP contribution in [0.2, 0.25) is 0 Å². The van der Waals surface area contributed by atoms with Crippen LogP contribution in [0.15, 0.2) is 0 Å². The fourth-order valence-electron chi connectivity index (χ4n) is 0.395. The van der Waals surface area contributed by atoms with Gasteiger partial charge in [-0.05, 0) is 6.42 Å². The van der Waals surface area contributed by atoms with Crippen LogP contribution >= 0.6 is 8.25 Å². The summed E-state index contributed by atoms with van der Waals surface area (Å²) in [5.41, 5.74) is 0. The molecule has 0 spiro atoms. The molecule has 94 valence electrons. The smallest absolute Gasteiger partial charge is 0.318 e. The zero-order chi connectivity index (χ0) is 11.9. The lowest BCUT2D eigenvalue weighted by Crippen LogP contribution is -2.05. The number of rotatable bonds is 8. The van der Waals surface area contributed by atoms with E-state index in [9.17, 15) is 4.57 Å². The molecule has 0 fully saturated rings. The monoisotopic (exact) mass is 243 g/mol. The number of hydrogen-bond donors (Lipinski definition) is 2. The molecule has 6 nitrogen and oxygen atoms in total. The van der Waals surface area contributed by atoms with Crippen LogP contribution in [0.3, 0.4) is 0 Å². The second-order valence-corrected chi connectivity index (χ2v) is 3.48. The van der Waals surface area contributed by atoms with E-state index in [1.807, 2.05) is 0 Å². The Balaban J connectivity index is 0. The van der Waals surface area contributed by atoms with Crippen molar-refractivity contribution in [2.24, 2.45) is 5.90 Å². The number of hydrogen-bond acceptors (Lipinski definition) is 5. The molecule has 0 aromatic heterocycles. The van der Waals surface area contributed by atoms with Gasteiger partial charge in [-0.25, -0.2) is 5.90 Å². The van der Waals surface area contributed by atoms with Crippen molar-refractivity contribution in [3.63, 3.8) is 0 Å². The molecular weight excluding hydrogens is 221 g/mol. The quantitative estimate of drug-likeness (QED) is 0.290. The van der Waals surface area contributed by atoms with Gasteiger partial charge in [0.15, 0.2) is 6.79 Å². The SMILES string of the molecule is CCCC.NOCCCOCO[PH](=O)O. The van der Waals surface area contributed by atoms with Crippen LogP contribution in [-0.2, 0) is 18.7 Å². The fourth-order valence-corrected chi connectivity index (χ4v) is 0.579. The van der Waals surface area contributed by atoms with Crippen molar-refractivity contribution >= 4 is 8.25 Å². The Bertz CT molecular complexity index is 134. The highest BCUT2D eigenvalue weighted by atomic mass is 31.1. The second-order valence-electron chi connectivity index (χ2n) is 2.66. The van der Waals surface area contributed by atoms with Crippen molar-refractivity contribution in [2.75, 3.05) is 20.0 Å². The first-order valence-corrected chi connectivity index (χ1v) is 6.20. The molecule has 0 aliphatic rings. The Kier molecular flexibility index (Phi) is 19.1. The Hall–Kier alpha value is 0.0300. The van der Waals surface area contributed by atoms with Crippen LogP contribution in [0.1, 0.15) is 33.1 Å². The summed E-state index contributed by atoms with van der Waals surface area (Å²) in [5.74, 6) is 4.72. The minimum absolute atomic E-state index is 0.168. The van der Waals surface area contributed by atoms with Gasteiger partial charge >= 0.3 is 8.25 Å². The fraction of sp³-hybridized carbons (Fsp3) is 1.00. The van der Waals surface area contributed by atoms with Crippen molar-refractivity contribution in [1.82, 2.24) is 0 Å². The van der Waals surface area contributed by atoms with E-state index >= 15 is 0 Å². The highest BCUT2D eigenvalue weighted by Crippen LogP contribution is 2.13. The van der Waals surface area contributed by atoms with E-state index in [-0.39, 0.29) is 6.79 Å². The number of ether oxygens (including phenoxy) is 1. The average Bonchev–Trinajstić information content (AvgIpc) is 2.23. The molecule has 0 bridgehead atoms. The lowest BCUT2D eigenvalue weighted by Gasteiger charge is -2.01. The molecule has 0 heterocycles. The normalized spacial score (nSPS) is 11.7. The maximum absolute atomic E-state index is 9.93. The van der Waals surface area contributed by atoms with Crippen LogP contribution in [-0.4, -0.2) is 24.9 Å². The summed E-state index contributed by atoms with van der Waals surface area (Å²) < 4.78 is 18.9. The van der Waals surface area contributed by atoms with Gasteiger partial charge in [0.25, 0.3) is 0 Å². The lowest BCUT2D eigenvalue weighted by molar-refractivity contribution is 0.00274. The Morgan fingerprint density at radius 2 is 1.87 bits per heavy atom. The molecule has 0 saturated heterocycles. The zero-order valence-corrected chi connectivity index (χ0v) is 10.4. The van der Waals surface area contributed by atoms with Crippen molar-refractivity contribution in [2.45, 2.75) is 33.1 Å². The number of nitrogens with two attached hydrogens (primary N) is 1. The first-order chi connectivity index (χ1) is 7.18. The van der Waals surface area contributed by atoms with Gasteiger partial charge in [0.1, 0.15) is 0 Å². The largest absolute Gasteiger partial charge is 0.355 e. The molecule has 1 atom stereocenters. The highest BCUT2D eigenvalue weighted by molar-refractivity contribution is 7.32. The van der Waals surface area contributed by atoms with Gasteiger partial charge in [0, 0.05) is 0 Å². The van der Waals surface area contributed by atoms with E-state index in [0.29, 0.717) is 19.6 Å². The van der Waals surface area contributed by atoms with E-state index in [1.165, 1.54) is 12.8 Å². The summed E-state index contributed by atoms with van der Waals surface area (Å²) >= 11 is 0. The summed E-state index contributed by atoms with van der Waals surface area (Å²) in [6.45, 7) is 4.99. The third kappa shape index (κ3) is 24.9. The van der Waals surface area contributed by atoms with E-state index in [2.05, 4.69) is 23.2 Å². The molecule has 0 aliphatic carbocycles. The molecule has 15 heavy (non-hydrogen) atoms. The molecule has 3 N–H and O–H groups in total. The predicted molar refractivity (Wildman–Crippen MR) is 58.5 cm³/mol. The molecule has 0 radical (unpaired) electrons. The summed E-state index contributed by atoms with van der Waals surface area (Å²) in [6, 6.07) is 0. The van der Waals surface area contributed by atoms with Crippen molar-refractivity contribution in [3.05, 3.63) is 0 Å². The predicted octanol–water partition coefficient (Wildman–Crippen LogP) is 1.45. The van der Waals surface area contributed by atoms with Gasteiger partial charge in [0.05, 0.1) is 13.2 Å². The molecule has 7 heteroatoms. The minimum atomic E-state index is -2.86. The summed E-state index contributed by atoms with van der Waals surface area (Å²) in [5, 5.41) is 0. The molecule has 0 rings (SSSR count). The average molecular weight is 243 g/mol. The van der Waals surface area contributed by atoms with Crippen LogP contribution in [0.5, 0.6) is 0 Å². The molecular formula is C8H22NO5P. The Morgan fingerprint density at radius 3 is 2.27 bits per heavy atom. The molecule has 0 aromatic carbocycles. The second kappa shape index (κ2) is 16.5. The summed E-state index contributed by atoms with van der Waals surface area (Å²) in [7, 11) is -2.86. The highest BCUT2D eigenvalue weighted by Gasteiger charge is 1.91. The first kappa shape index (κ1) is 17.4. The first-order valence-electron chi connectivity index (χ1n) is 4.94. The van der Waals surface area contributed by atoms with Gasteiger partial charge < -0.3 is 14.5 Å². The molecule has 1 unspecified atom stereocenters. The third-order valence-electron chi connectivity index (χ3n) is 1.32. The summed E-state index contributed by atoms with van der Waals surface area (Å²) in [4.78, 5) is 12.4. The molecule has 0 aromatic rings. The van der Waals surface area contributed by atoms with E-state index in [0.717, 1.165) is 0 Å². The Morgan fingerprint density at radius 1 is 1.27 bits per heavy atom. The molecule has 0 saturated carbocycles. The van der Waals surface area contributed by atoms with Crippen LogP contribution < -0.4 is 5.90 Å². The van der Waals surface area contributed by atoms with Gasteiger partial charge in [-0.15, -0.1) is 0 Å². The summed E-state index contributed by atoms with van der Waals surface area (Å²) in [6.07, 6.45) is 3.27. The molecule has 0 amide bonds. The van der Waals surface area contributed by atoms with E-state index in [1.54, 1.807) is 0 Å². The Labute approximate surface area is 91.6 Å². The molecule has 0 aliphatic heterocycles. The zero-order valence-electron chi connectivity index (χ0n) is 9.40. The van der Waals surface area contributed by atoms with Crippen molar-refractivity contribution in [1.29, 1.82) is 0 Å². The lowest BCUT2D eigenvalue weighted by atomic mass is 10.4. The van der Waals surface area contributed by atoms with Crippen molar-refractivity contribution < 1.29 is 23.6 Å². The van der Waals surface area contributed by atoms with Gasteiger partial charge in [-0.1, -0.05) is 26.7 Å². The van der Waals surface area contributed by atoms with E-state index < -0.39 is 8.25 Å². The van der Waals surface area contributed by atoms with Gasteiger partial charge in [-0.2, -0.15) is 0 Å². The van der Waals surface area contributed by atoms with Crippen LogP contribution in [0.4, 0.5) is 0 Å². The van der Waals surface area contributed by atoms with Crippen LogP contribution in [0, 0.1) is 0 Å². The van der Waals surface area contributed by atoms with Crippen molar-refractivity contribution in [3.8, 4) is 0 Å². The minimum Gasteiger partial charge on any atom is -0.355 e. The maximum Gasteiger partial charge on any atom is 0.318 e. The third-order valence-corrected chi connectivity index (χ3v) is 1.68. The number of unbranched alkanes of at least 4 members (excludes halogenated alkanes) is 1. The maximum atomic E-state index is 9.93.